The first-order valence-electron chi connectivity index (χ1n) is 10.9. The predicted molar refractivity (Wildman–Crippen MR) is 127 cm³/mol. The lowest BCUT2D eigenvalue weighted by Crippen LogP contribution is -2.42. The summed E-state index contributed by atoms with van der Waals surface area (Å²) in [6.45, 7) is 0.328. The number of pyridine rings is 1. The number of aliphatic hydroxyl groups excluding tert-OH is 1. The van der Waals surface area contributed by atoms with Gasteiger partial charge in [-0.25, -0.2) is 31.1 Å². The fraction of sp³-hybridized carbons (Fsp3) is 0.526. The van der Waals surface area contributed by atoms with Gasteiger partial charge in [-0.2, -0.15) is 4.98 Å². The number of hydrogen-bond donors (Lipinski definition) is 2. The zero-order valence-corrected chi connectivity index (χ0v) is 20.6. The van der Waals surface area contributed by atoms with Crippen molar-refractivity contribution in [2.75, 3.05) is 30.4 Å². The maximum Gasteiger partial charge on any atom is 0.257 e. The first kappa shape index (κ1) is 25.2. The Morgan fingerprint density at radius 1 is 1.20 bits per heavy atom. The number of nitrogens with one attached hydrogen (secondary N) is 1. The van der Waals surface area contributed by atoms with Gasteiger partial charge in [-0.3, -0.25) is 9.36 Å². The average Bonchev–Trinajstić information content (AvgIpc) is 3.36. The molecule has 0 atom stereocenters. The van der Waals surface area contributed by atoms with Gasteiger partial charge in [0.1, 0.15) is 18.3 Å². The van der Waals surface area contributed by atoms with Crippen LogP contribution in [-0.4, -0.2) is 86.1 Å². The van der Waals surface area contributed by atoms with Crippen LogP contribution in [-0.2, 0) is 33.2 Å². The van der Waals surface area contributed by atoms with Crippen molar-refractivity contribution < 1.29 is 21.9 Å². The monoisotopic (exact) mass is 526 g/mol. The zero-order chi connectivity index (χ0) is 25.2. The van der Waals surface area contributed by atoms with Gasteiger partial charge in [-0.05, 0) is 25.3 Å². The molecule has 16 heteroatoms. The fourth-order valence-corrected chi connectivity index (χ4v) is 5.90. The van der Waals surface area contributed by atoms with E-state index in [1.807, 2.05) is 0 Å². The number of anilines is 1. The van der Waals surface area contributed by atoms with Crippen LogP contribution in [0.5, 0.6) is 0 Å². The third-order valence-electron chi connectivity index (χ3n) is 5.79. The molecule has 4 heterocycles. The van der Waals surface area contributed by atoms with E-state index in [2.05, 4.69) is 25.4 Å². The highest BCUT2D eigenvalue weighted by atomic mass is 32.2. The minimum Gasteiger partial charge on any atom is -0.391 e. The molecule has 4 rings (SSSR count). The number of piperidine rings is 1. The second-order valence-electron chi connectivity index (χ2n) is 8.28. The molecule has 1 saturated heterocycles. The van der Waals surface area contributed by atoms with E-state index in [4.69, 9.17) is 0 Å². The minimum absolute atomic E-state index is 0.0420. The van der Waals surface area contributed by atoms with Crippen molar-refractivity contribution in [1.82, 2.24) is 33.0 Å². The smallest absolute Gasteiger partial charge is 0.257 e. The molecule has 190 valence electrons. The lowest BCUT2D eigenvalue weighted by Gasteiger charge is -2.30. The predicted octanol–water partition coefficient (Wildman–Crippen LogP) is -1.02. The second kappa shape index (κ2) is 9.96. The highest BCUT2D eigenvalue weighted by Crippen LogP contribution is 2.19. The Kier molecular flexibility index (Phi) is 7.16. The Labute approximate surface area is 201 Å². The number of sulfonamides is 1. The maximum atomic E-state index is 12.9. The van der Waals surface area contributed by atoms with Gasteiger partial charge in [0.2, 0.25) is 16.0 Å². The molecule has 0 bridgehead atoms. The molecular formula is C19H26N8O6S2. The van der Waals surface area contributed by atoms with E-state index in [1.54, 1.807) is 0 Å². The van der Waals surface area contributed by atoms with E-state index in [0.717, 1.165) is 16.7 Å². The van der Waals surface area contributed by atoms with E-state index >= 15 is 0 Å². The molecule has 3 aromatic rings. The van der Waals surface area contributed by atoms with Crippen LogP contribution < -0.4 is 10.9 Å². The number of rotatable bonds is 9. The van der Waals surface area contributed by atoms with Gasteiger partial charge in [0.25, 0.3) is 15.6 Å². The molecule has 3 aromatic heterocycles. The van der Waals surface area contributed by atoms with Crippen molar-refractivity contribution in [2.24, 2.45) is 0 Å². The minimum atomic E-state index is -3.72. The number of hydrogen-bond acceptors (Lipinski definition) is 11. The number of aryl methyl sites for hydroxylation is 1. The van der Waals surface area contributed by atoms with Crippen LogP contribution in [0.3, 0.4) is 0 Å². The van der Waals surface area contributed by atoms with Gasteiger partial charge in [-0.15, -0.1) is 9.19 Å². The third-order valence-corrected chi connectivity index (χ3v) is 8.66. The van der Waals surface area contributed by atoms with Gasteiger partial charge in [0, 0.05) is 42.8 Å². The van der Waals surface area contributed by atoms with E-state index in [1.165, 1.54) is 27.4 Å². The van der Waals surface area contributed by atoms with Gasteiger partial charge in [0.05, 0.1) is 18.6 Å². The highest BCUT2D eigenvalue weighted by molar-refractivity contribution is 7.89. The molecule has 0 aliphatic carbocycles. The summed E-state index contributed by atoms with van der Waals surface area (Å²) in [5, 5.41) is 17.0. The molecule has 0 saturated carbocycles. The van der Waals surface area contributed by atoms with Crippen LogP contribution in [0.4, 0.5) is 5.95 Å². The fourth-order valence-electron chi connectivity index (χ4n) is 3.96. The van der Waals surface area contributed by atoms with Crippen molar-refractivity contribution >= 4 is 37.0 Å². The molecule has 1 aliphatic heterocycles. The molecule has 0 aromatic carbocycles. The molecule has 0 radical (unpaired) electrons. The summed E-state index contributed by atoms with van der Waals surface area (Å²) in [4.78, 5) is 25.3. The summed E-state index contributed by atoms with van der Waals surface area (Å²) in [6, 6.07) is 1.46. The molecule has 1 fully saturated rings. The maximum absolute atomic E-state index is 12.9. The molecule has 0 spiro atoms. The number of aliphatic hydroxyl groups is 1. The summed E-state index contributed by atoms with van der Waals surface area (Å²) in [6.07, 6.45) is 6.17. The largest absolute Gasteiger partial charge is 0.391 e. The Hall–Kier alpha value is -2.95. The first-order chi connectivity index (χ1) is 16.6. The van der Waals surface area contributed by atoms with Crippen LogP contribution in [0.2, 0.25) is 0 Å². The summed E-state index contributed by atoms with van der Waals surface area (Å²) in [5.74, 6) is -0.00150. The van der Waals surface area contributed by atoms with E-state index in [-0.39, 0.29) is 36.3 Å². The topological polar surface area (TPSA) is 182 Å². The summed E-state index contributed by atoms with van der Waals surface area (Å²) in [5.41, 5.74) is -0.0187. The molecule has 1 aliphatic rings. The Bertz CT molecular complexity index is 1460. The SMILES string of the molecule is CS(=O)(=O)N1CCC(Nc2ncc3cc(CO)c(=O)n(CCCS(=O)(=O)n4cncn4)c3n2)CC1. The van der Waals surface area contributed by atoms with Crippen LogP contribution in [0.25, 0.3) is 11.0 Å². The van der Waals surface area contributed by atoms with Gasteiger partial charge < -0.3 is 10.4 Å². The summed E-state index contributed by atoms with van der Waals surface area (Å²) in [7, 11) is -6.96. The van der Waals surface area contributed by atoms with Gasteiger partial charge >= 0.3 is 0 Å². The summed E-state index contributed by atoms with van der Waals surface area (Å²) < 4.78 is 51.7. The standard InChI is InChI=1S/C19H26N8O6S2/c1-34(30,31)25-6-3-16(4-7-25)23-19-21-10-14-9-15(11-28)18(29)26(17(14)24-19)5-2-8-35(32,33)27-13-20-12-22-27/h9-10,12-13,16,28H,2-8,11H2,1H3,(H,21,23,24). The van der Waals surface area contributed by atoms with E-state index < -0.39 is 32.2 Å². The Morgan fingerprint density at radius 2 is 1.94 bits per heavy atom. The quantitative estimate of drug-likeness (QED) is 0.348. The molecule has 0 unspecified atom stereocenters. The molecule has 14 nitrogen and oxygen atoms in total. The van der Waals surface area contributed by atoms with E-state index in [9.17, 15) is 26.7 Å². The van der Waals surface area contributed by atoms with Crippen molar-refractivity contribution in [3.05, 3.63) is 40.8 Å². The molecule has 35 heavy (non-hydrogen) atoms. The molecule has 0 amide bonds. The Balaban J connectivity index is 1.55. The van der Waals surface area contributed by atoms with Crippen LogP contribution in [0.15, 0.2) is 29.7 Å². The number of aromatic nitrogens is 6. The lowest BCUT2D eigenvalue weighted by molar-refractivity contribution is 0.279. The van der Waals surface area contributed by atoms with Gasteiger partial charge in [-0.1, -0.05) is 0 Å². The summed E-state index contributed by atoms with van der Waals surface area (Å²) >= 11 is 0. The zero-order valence-electron chi connectivity index (χ0n) is 19.0. The molecule has 2 N–H and O–H groups in total. The van der Waals surface area contributed by atoms with Crippen molar-refractivity contribution in [3.63, 3.8) is 0 Å². The molecular weight excluding hydrogens is 500 g/mol. The first-order valence-corrected chi connectivity index (χ1v) is 14.3. The second-order valence-corrected chi connectivity index (χ2v) is 12.2. The Morgan fingerprint density at radius 3 is 2.57 bits per heavy atom. The van der Waals surface area contributed by atoms with Crippen molar-refractivity contribution in [1.29, 1.82) is 0 Å². The van der Waals surface area contributed by atoms with Crippen molar-refractivity contribution in [3.8, 4) is 0 Å². The average molecular weight is 527 g/mol. The van der Waals surface area contributed by atoms with Crippen LogP contribution in [0, 0.1) is 0 Å². The van der Waals surface area contributed by atoms with Gasteiger partial charge in [0.15, 0.2) is 0 Å². The normalized spacial score (nSPS) is 16.1. The van der Waals surface area contributed by atoms with E-state index in [0.29, 0.717) is 37.0 Å². The number of nitrogens with zero attached hydrogens (tertiary/aromatic N) is 7. The third kappa shape index (κ3) is 5.66. The number of fused-ring (bicyclic) bond motifs is 1. The van der Waals surface area contributed by atoms with Crippen LogP contribution >= 0.6 is 0 Å². The van der Waals surface area contributed by atoms with Crippen molar-refractivity contribution in [2.45, 2.75) is 38.5 Å². The highest BCUT2D eigenvalue weighted by Gasteiger charge is 2.25. The lowest BCUT2D eigenvalue weighted by atomic mass is 10.1. The van der Waals surface area contributed by atoms with Crippen LogP contribution in [0.1, 0.15) is 24.8 Å².